The van der Waals surface area contributed by atoms with E-state index in [1.54, 1.807) is 24.3 Å². The molecule has 3 aromatic rings. The fourth-order valence-electron chi connectivity index (χ4n) is 2.36. The van der Waals surface area contributed by atoms with Crippen LogP contribution >= 0.6 is 11.6 Å². The molecule has 2 aromatic carbocycles. The van der Waals surface area contributed by atoms with Gasteiger partial charge in [-0.15, -0.1) is 0 Å². The molecule has 22 heavy (non-hydrogen) atoms. The van der Waals surface area contributed by atoms with Crippen LogP contribution in [0.25, 0.3) is 22.0 Å². The van der Waals surface area contributed by atoms with Crippen molar-refractivity contribution >= 4 is 33.9 Å². The van der Waals surface area contributed by atoms with Gasteiger partial charge >= 0.3 is 0 Å². The number of aromatic nitrogens is 1. The summed E-state index contributed by atoms with van der Waals surface area (Å²) in [4.78, 5) is 25.1. The normalized spacial score (nSPS) is 10.8. The number of hydrogen-bond donors (Lipinski definition) is 2. The van der Waals surface area contributed by atoms with Gasteiger partial charge in [-0.1, -0.05) is 29.8 Å². The number of benzene rings is 2. The van der Waals surface area contributed by atoms with Gasteiger partial charge in [0.05, 0.1) is 4.92 Å². The SMILES string of the molecule is Nc1c(-c2ccccc2Cl)c2cc([N+](=O)[O-])ccc2[nH]c1=O. The summed E-state index contributed by atoms with van der Waals surface area (Å²) in [7, 11) is 0. The number of anilines is 1. The predicted octanol–water partition coefficient (Wildman–Crippen LogP) is 3.34. The van der Waals surface area contributed by atoms with E-state index < -0.39 is 10.5 Å². The third-order valence-electron chi connectivity index (χ3n) is 3.39. The Morgan fingerprint density at radius 2 is 1.91 bits per heavy atom. The molecule has 3 rings (SSSR count). The molecule has 6 nitrogen and oxygen atoms in total. The van der Waals surface area contributed by atoms with Crippen LogP contribution in [0.3, 0.4) is 0 Å². The fraction of sp³-hybridized carbons (Fsp3) is 0. The molecule has 0 saturated heterocycles. The van der Waals surface area contributed by atoms with Gasteiger partial charge in [0.15, 0.2) is 0 Å². The Kier molecular flexibility index (Phi) is 3.30. The van der Waals surface area contributed by atoms with Crippen LogP contribution < -0.4 is 11.3 Å². The molecule has 110 valence electrons. The van der Waals surface area contributed by atoms with Crippen molar-refractivity contribution in [1.29, 1.82) is 0 Å². The van der Waals surface area contributed by atoms with E-state index in [2.05, 4.69) is 4.98 Å². The van der Waals surface area contributed by atoms with Crippen LogP contribution in [0.15, 0.2) is 47.3 Å². The number of aromatic amines is 1. The Morgan fingerprint density at radius 3 is 2.59 bits per heavy atom. The van der Waals surface area contributed by atoms with Crippen LogP contribution in [0.5, 0.6) is 0 Å². The molecule has 0 spiro atoms. The molecular formula is C15H10ClN3O3. The van der Waals surface area contributed by atoms with Crippen LogP contribution in [0, 0.1) is 10.1 Å². The van der Waals surface area contributed by atoms with Crippen molar-refractivity contribution in [2.45, 2.75) is 0 Å². The van der Waals surface area contributed by atoms with Gasteiger partial charge in [0.25, 0.3) is 11.2 Å². The highest BCUT2D eigenvalue weighted by Gasteiger charge is 2.17. The third-order valence-corrected chi connectivity index (χ3v) is 3.72. The minimum absolute atomic E-state index is 0.0268. The van der Waals surface area contributed by atoms with Crippen LogP contribution in [0.2, 0.25) is 5.02 Å². The lowest BCUT2D eigenvalue weighted by atomic mass is 9.99. The molecule has 0 bridgehead atoms. The largest absolute Gasteiger partial charge is 0.394 e. The number of H-pyrrole nitrogens is 1. The summed E-state index contributed by atoms with van der Waals surface area (Å²) in [5.74, 6) is 0. The lowest BCUT2D eigenvalue weighted by Crippen LogP contribution is -2.13. The predicted molar refractivity (Wildman–Crippen MR) is 86.1 cm³/mol. The van der Waals surface area contributed by atoms with Crippen LogP contribution in [-0.4, -0.2) is 9.91 Å². The van der Waals surface area contributed by atoms with E-state index in [4.69, 9.17) is 17.3 Å². The number of nitro groups is 1. The van der Waals surface area contributed by atoms with Gasteiger partial charge in [0, 0.05) is 39.2 Å². The first-order valence-electron chi connectivity index (χ1n) is 6.34. The van der Waals surface area contributed by atoms with Gasteiger partial charge in [-0.05, 0) is 12.1 Å². The number of pyridine rings is 1. The average Bonchev–Trinajstić information content (AvgIpc) is 2.49. The molecule has 0 unspecified atom stereocenters. The monoisotopic (exact) mass is 315 g/mol. The number of nitrogens with zero attached hydrogens (tertiary/aromatic N) is 1. The van der Waals surface area contributed by atoms with Crippen molar-refractivity contribution in [3.05, 3.63) is 68.0 Å². The number of halogens is 1. The smallest absolute Gasteiger partial charge is 0.272 e. The Bertz CT molecular complexity index is 966. The summed E-state index contributed by atoms with van der Waals surface area (Å²) in [6.07, 6.45) is 0. The number of fused-ring (bicyclic) bond motifs is 1. The topological polar surface area (TPSA) is 102 Å². The quantitative estimate of drug-likeness (QED) is 0.559. The van der Waals surface area contributed by atoms with Gasteiger partial charge in [-0.3, -0.25) is 14.9 Å². The summed E-state index contributed by atoms with van der Waals surface area (Å²) >= 11 is 6.18. The van der Waals surface area contributed by atoms with Crippen molar-refractivity contribution < 1.29 is 4.92 Å². The van der Waals surface area contributed by atoms with Gasteiger partial charge in [-0.25, -0.2) is 0 Å². The van der Waals surface area contributed by atoms with Crippen LogP contribution in [-0.2, 0) is 0 Å². The molecule has 1 heterocycles. The summed E-state index contributed by atoms with van der Waals surface area (Å²) in [5, 5.41) is 11.9. The maximum Gasteiger partial charge on any atom is 0.272 e. The second kappa shape index (κ2) is 5.16. The second-order valence-electron chi connectivity index (χ2n) is 4.71. The molecule has 0 aliphatic heterocycles. The molecule has 0 saturated carbocycles. The first kappa shape index (κ1) is 14.1. The van der Waals surface area contributed by atoms with Gasteiger partial charge in [0.2, 0.25) is 0 Å². The number of nitrogens with one attached hydrogen (secondary N) is 1. The van der Waals surface area contributed by atoms with Gasteiger partial charge < -0.3 is 10.7 Å². The van der Waals surface area contributed by atoms with Crippen molar-refractivity contribution in [2.24, 2.45) is 0 Å². The standard InChI is InChI=1S/C15H10ClN3O3/c16-11-4-2-1-3-9(11)13-10-7-8(19(21)22)5-6-12(10)18-15(20)14(13)17/h1-7H,17H2,(H,18,20). The Balaban J connectivity index is 2.48. The number of nitrogen functional groups attached to an aromatic ring is 1. The molecule has 0 fully saturated rings. The molecule has 3 N–H and O–H groups in total. The number of nitro benzene ring substituents is 1. The minimum Gasteiger partial charge on any atom is -0.394 e. The minimum atomic E-state index is -0.503. The Labute approximate surface area is 129 Å². The second-order valence-corrected chi connectivity index (χ2v) is 5.12. The molecule has 0 aliphatic carbocycles. The number of nitrogens with two attached hydrogens (primary N) is 1. The van der Waals surface area contributed by atoms with Gasteiger partial charge in [0.1, 0.15) is 5.69 Å². The summed E-state index contributed by atoms with van der Waals surface area (Å²) in [5.41, 5.74) is 6.73. The Hall–Kier alpha value is -2.86. The summed E-state index contributed by atoms with van der Waals surface area (Å²) in [6.45, 7) is 0. The maximum absolute atomic E-state index is 12.0. The highest BCUT2D eigenvalue weighted by atomic mass is 35.5. The van der Waals surface area contributed by atoms with Crippen LogP contribution in [0.1, 0.15) is 0 Å². The first-order valence-corrected chi connectivity index (χ1v) is 6.71. The lowest BCUT2D eigenvalue weighted by Gasteiger charge is -2.11. The first-order chi connectivity index (χ1) is 10.5. The molecular weight excluding hydrogens is 306 g/mol. The highest BCUT2D eigenvalue weighted by molar-refractivity contribution is 6.34. The maximum atomic E-state index is 12.0. The zero-order chi connectivity index (χ0) is 15.9. The average molecular weight is 316 g/mol. The molecule has 0 radical (unpaired) electrons. The fourth-order valence-corrected chi connectivity index (χ4v) is 2.59. The molecule has 0 aliphatic rings. The number of non-ortho nitro benzene ring substituents is 1. The van der Waals surface area contributed by atoms with Gasteiger partial charge in [-0.2, -0.15) is 0 Å². The molecule has 0 atom stereocenters. The molecule has 7 heteroatoms. The summed E-state index contributed by atoms with van der Waals surface area (Å²) < 4.78 is 0. The third kappa shape index (κ3) is 2.19. The van der Waals surface area contributed by atoms with Crippen molar-refractivity contribution in [1.82, 2.24) is 4.98 Å². The van der Waals surface area contributed by atoms with E-state index in [-0.39, 0.29) is 11.4 Å². The van der Waals surface area contributed by atoms with E-state index in [1.807, 2.05) is 0 Å². The van der Waals surface area contributed by atoms with E-state index in [1.165, 1.54) is 18.2 Å². The highest BCUT2D eigenvalue weighted by Crippen LogP contribution is 2.36. The Morgan fingerprint density at radius 1 is 1.18 bits per heavy atom. The zero-order valence-electron chi connectivity index (χ0n) is 11.2. The number of hydrogen-bond acceptors (Lipinski definition) is 4. The van der Waals surface area contributed by atoms with Crippen LogP contribution in [0.4, 0.5) is 11.4 Å². The molecule has 0 amide bonds. The van der Waals surface area contributed by atoms with E-state index in [0.29, 0.717) is 27.1 Å². The van der Waals surface area contributed by atoms with Crippen molar-refractivity contribution in [2.75, 3.05) is 5.73 Å². The lowest BCUT2D eigenvalue weighted by molar-refractivity contribution is -0.384. The van der Waals surface area contributed by atoms with Crippen molar-refractivity contribution in [3.63, 3.8) is 0 Å². The van der Waals surface area contributed by atoms with E-state index in [9.17, 15) is 14.9 Å². The van der Waals surface area contributed by atoms with E-state index in [0.717, 1.165) is 0 Å². The zero-order valence-corrected chi connectivity index (χ0v) is 11.9. The molecule has 1 aromatic heterocycles. The summed E-state index contributed by atoms with van der Waals surface area (Å²) in [6, 6.07) is 11.1. The van der Waals surface area contributed by atoms with Crippen molar-refractivity contribution in [3.8, 4) is 11.1 Å². The number of rotatable bonds is 2. The van der Waals surface area contributed by atoms with E-state index >= 15 is 0 Å².